The number of hydrogen-bond acceptors (Lipinski definition) is 8. The SMILES string of the molecule is Cc1ccc(-c2nc(-n3cc(-c4cccc(F)c4)c(C)n3)sc2SC(C)C)cc1C(=O)N1CCOCC1.O=C=O. The number of thioether (sulfide) groups is 1. The second kappa shape index (κ2) is 13.1. The lowest BCUT2D eigenvalue weighted by Crippen LogP contribution is -2.40. The predicted octanol–water partition coefficient (Wildman–Crippen LogP) is 5.81. The summed E-state index contributed by atoms with van der Waals surface area (Å²) in [5.41, 5.74) is 5.82. The van der Waals surface area contributed by atoms with Gasteiger partial charge in [-0.3, -0.25) is 4.79 Å². The number of carbonyl (C=O) groups excluding carboxylic acids is 3. The summed E-state index contributed by atoms with van der Waals surface area (Å²) in [6.07, 6.45) is 2.15. The number of morpholine rings is 1. The summed E-state index contributed by atoms with van der Waals surface area (Å²) in [5, 5.41) is 5.78. The zero-order valence-electron chi connectivity index (χ0n) is 22.6. The highest BCUT2D eigenvalue weighted by molar-refractivity contribution is 8.01. The molecule has 1 fully saturated rings. The molecule has 4 aromatic rings. The Kier molecular flexibility index (Phi) is 9.65. The van der Waals surface area contributed by atoms with Crippen LogP contribution in [0.15, 0.2) is 52.9 Å². The molecule has 5 rings (SSSR count). The molecule has 8 nitrogen and oxygen atoms in total. The van der Waals surface area contributed by atoms with E-state index in [1.165, 1.54) is 12.1 Å². The average Bonchev–Trinajstić information content (AvgIpc) is 3.53. The molecule has 2 aromatic heterocycles. The highest BCUT2D eigenvalue weighted by Crippen LogP contribution is 2.40. The van der Waals surface area contributed by atoms with Crippen molar-refractivity contribution >= 4 is 35.2 Å². The first-order valence-corrected chi connectivity index (χ1v) is 14.4. The van der Waals surface area contributed by atoms with E-state index in [1.54, 1.807) is 33.8 Å². The van der Waals surface area contributed by atoms with Gasteiger partial charge in [0.25, 0.3) is 5.91 Å². The second-order valence-electron chi connectivity index (χ2n) is 9.40. The summed E-state index contributed by atoms with van der Waals surface area (Å²) in [6, 6.07) is 12.5. The third-order valence-corrected chi connectivity index (χ3v) is 8.45. The Morgan fingerprint density at radius 1 is 1.10 bits per heavy atom. The second-order valence-corrected chi connectivity index (χ2v) is 12.2. The minimum absolute atomic E-state index is 0.0265. The molecule has 0 saturated carbocycles. The maximum absolute atomic E-state index is 13.8. The van der Waals surface area contributed by atoms with Crippen LogP contribution < -0.4 is 0 Å². The van der Waals surface area contributed by atoms with E-state index in [1.807, 2.05) is 49.2 Å². The average molecular weight is 581 g/mol. The molecule has 208 valence electrons. The quantitative estimate of drug-likeness (QED) is 0.266. The maximum atomic E-state index is 13.8. The normalized spacial score (nSPS) is 13.1. The van der Waals surface area contributed by atoms with Gasteiger partial charge in [0, 0.05) is 41.2 Å². The molecule has 0 radical (unpaired) electrons. The molecular weight excluding hydrogens is 551 g/mol. The minimum atomic E-state index is -0.279. The van der Waals surface area contributed by atoms with Gasteiger partial charge in [-0.2, -0.15) is 14.7 Å². The van der Waals surface area contributed by atoms with Crippen molar-refractivity contribution in [2.45, 2.75) is 37.2 Å². The van der Waals surface area contributed by atoms with E-state index in [0.29, 0.717) is 37.1 Å². The van der Waals surface area contributed by atoms with Crippen LogP contribution >= 0.6 is 23.1 Å². The number of benzene rings is 2. The molecule has 0 atom stereocenters. The number of amides is 1. The number of hydrogen-bond donors (Lipinski definition) is 0. The first-order valence-electron chi connectivity index (χ1n) is 12.7. The zero-order chi connectivity index (χ0) is 28.8. The Morgan fingerprint density at radius 3 is 2.50 bits per heavy atom. The van der Waals surface area contributed by atoms with Gasteiger partial charge >= 0.3 is 6.15 Å². The van der Waals surface area contributed by atoms with Gasteiger partial charge in [0.1, 0.15) is 5.82 Å². The number of aromatic nitrogens is 3. The minimum Gasteiger partial charge on any atom is -0.378 e. The van der Waals surface area contributed by atoms with Crippen LogP contribution in [0.4, 0.5) is 4.39 Å². The van der Waals surface area contributed by atoms with Crippen LogP contribution in [0.25, 0.3) is 27.5 Å². The Balaban J connectivity index is 0.00000118. The topological polar surface area (TPSA) is 94.4 Å². The maximum Gasteiger partial charge on any atom is 0.373 e. The van der Waals surface area contributed by atoms with Gasteiger partial charge in [-0.15, -0.1) is 11.8 Å². The Hall–Kier alpha value is -3.63. The molecular formula is C29H29FN4O4S2. The van der Waals surface area contributed by atoms with Gasteiger partial charge in [0.2, 0.25) is 5.13 Å². The predicted molar refractivity (Wildman–Crippen MR) is 152 cm³/mol. The van der Waals surface area contributed by atoms with Crippen molar-refractivity contribution < 1.29 is 23.5 Å². The molecule has 2 aromatic carbocycles. The van der Waals surface area contributed by atoms with E-state index in [2.05, 4.69) is 13.8 Å². The van der Waals surface area contributed by atoms with Crippen molar-refractivity contribution in [2.75, 3.05) is 26.3 Å². The summed E-state index contributed by atoms with van der Waals surface area (Å²) in [4.78, 5) is 36.4. The molecule has 3 heterocycles. The number of thiazole rings is 1. The highest BCUT2D eigenvalue weighted by Gasteiger charge is 2.23. The fourth-order valence-electron chi connectivity index (χ4n) is 4.30. The lowest BCUT2D eigenvalue weighted by molar-refractivity contribution is -0.191. The number of ether oxygens (including phenoxy) is 1. The van der Waals surface area contributed by atoms with Crippen molar-refractivity contribution in [3.8, 4) is 27.5 Å². The Labute approximate surface area is 240 Å². The van der Waals surface area contributed by atoms with Crippen LogP contribution in [0.3, 0.4) is 0 Å². The van der Waals surface area contributed by atoms with Crippen molar-refractivity contribution in [2.24, 2.45) is 0 Å². The molecule has 1 aliphatic heterocycles. The fourth-order valence-corrected chi connectivity index (χ4v) is 6.75. The molecule has 0 N–H and O–H groups in total. The van der Waals surface area contributed by atoms with E-state index < -0.39 is 0 Å². The van der Waals surface area contributed by atoms with Gasteiger partial charge in [-0.25, -0.2) is 14.1 Å². The van der Waals surface area contributed by atoms with Gasteiger partial charge in [0.05, 0.1) is 28.8 Å². The molecule has 40 heavy (non-hydrogen) atoms. The fraction of sp³-hybridized carbons (Fsp3) is 0.310. The molecule has 11 heteroatoms. The molecule has 0 spiro atoms. The van der Waals surface area contributed by atoms with Crippen LogP contribution in [0, 0.1) is 19.7 Å². The zero-order valence-corrected chi connectivity index (χ0v) is 24.3. The third-order valence-electron chi connectivity index (χ3n) is 6.20. The summed E-state index contributed by atoms with van der Waals surface area (Å²) in [6.45, 7) is 10.5. The van der Waals surface area contributed by atoms with Gasteiger partial charge < -0.3 is 9.64 Å². The first kappa shape index (κ1) is 29.4. The van der Waals surface area contributed by atoms with Crippen molar-refractivity contribution in [3.63, 3.8) is 0 Å². The van der Waals surface area contributed by atoms with Gasteiger partial charge in [-0.05, 0) is 43.2 Å². The molecule has 0 aliphatic carbocycles. The summed E-state index contributed by atoms with van der Waals surface area (Å²) in [5.74, 6) is -0.253. The largest absolute Gasteiger partial charge is 0.378 e. The monoisotopic (exact) mass is 580 g/mol. The Morgan fingerprint density at radius 2 is 1.82 bits per heavy atom. The van der Waals surface area contributed by atoms with E-state index in [4.69, 9.17) is 24.4 Å². The Bertz CT molecular complexity index is 1540. The van der Waals surface area contributed by atoms with Crippen molar-refractivity contribution in [3.05, 3.63) is 71.3 Å². The highest BCUT2D eigenvalue weighted by atomic mass is 32.2. The summed E-state index contributed by atoms with van der Waals surface area (Å²) < 4.78 is 22.1. The standard InChI is InChI=1S/C28H29FN4O2S2.CO2/c1-17(2)36-27-25(21-9-8-18(3)23(15-21)26(34)32-10-12-35-13-11-32)30-28(37-27)33-16-24(19(4)31-33)20-6-5-7-22(29)14-20;2-1-3/h5-9,14-17H,10-13H2,1-4H3;. The molecule has 1 amide bonds. The van der Waals surface area contributed by atoms with Crippen LogP contribution in [0.5, 0.6) is 0 Å². The number of halogens is 1. The summed E-state index contributed by atoms with van der Waals surface area (Å²) in [7, 11) is 0. The number of nitrogens with zero attached hydrogens (tertiary/aromatic N) is 4. The molecule has 0 bridgehead atoms. The first-order chi connectivity index (χ1) is 19.2. The van der Waals surface area contributed by atoms with E-state index >= 15 is 0 Å². The lowest BCUT2D eigenvalue weighted by Gasteiger charge is -2.27. The van der Waals surface area contributed by atoms with Gasteiger partial charge in [-0.1, -0.05) is 49.4 Å². The molecule has 1 saturated heterocycles. The van der Waals surface area contributed by atoms with E-state index in [-0.39, 0.29) is 17.9 Å². The van der Waals surface area contributed by atoms with Crippen LogP contribution in [-0.4, -0.2) is 63.3 Å². The van der Waals surface area contributed by atoms with E-state index in [9.17, 15) is 9.18 Å². The summed E-state index contributed by atoms with van der Waals surface area (Å²) >= 11 is 3.31. The lowest BCUT2D eigenvalue weighted by atomic mass is 10.0. The van der Waals surface area contributed by atoms with Gasteiger partial charge in [0.15, 0.2) is 0 Å². The van der Waals surface area contributed by atoms with Crippen molar-refractivity contribution in [1.82, 2.24) is 19.7 Å². The number of rotatable bonds is 6. The van der Waals surface area contributed by atoms with Crippen molar-refractivity contribution in [1.29, 1.82) is 0 Å². The van der Waals surface area contributed by atoms with E-state index in [0.717, 1.165) is 43.0 Å². The smallest absolute Gasteiger partial charge is 0.373 e. The molecule has 1 aliphatic rings. The van der Waals surface area contributed by atoms with Crippen LogP contribution in [0.1, 0.15) is 35.5 Å². The third kappa shape index (κ3) is 6.74. The molecule has 0 unspecified atom stereocenters. The van der Waals surface area contributed by atoms with Crippen LogP contribution in [0.2, 0.25) is 0 Å². The number of carbonyl (C=O) groups is 1. The number of aryl methyl sites for hydroxylation is 2. The van der Waals surface area contributed by atoms with Crippen LogP contribution in [-0.2, 0) is 14.3 Å².